The van der Waals surface area contributed by atoms with Gasteiger partial charge >= 0.3 is 0 Å². The van der Waals surface area contributed by atoms with Crippen LogP contribution in [0.15, 0.2) is 0 Å². The minimum atomic E-state index is -3.73. The van der Waals surface area contributed by atoms with E-state index in [2.05, 4.69) is 12.6 Å². The topological polar surface area (TPSA) is 54.4 Å². The lowest BCUT2D eigenvalue weighted by molar-refractivity contribution is 0.481. The van der Waals surface area contributed by atoms with Gasteiger partial charge < -0.3 is 0 Å². The summed E-state index contributed by atoms with van der Waals surface area (Å²) in [7, 11) is -3.73. The fraction of sp³-hybridized carbons (Fsp3) is 1.00. The van der Waals surface area contributed by atoms with Gasteiger partial charge in [-0.05, 0) is 18.6 Å². The lowest BCUT2D eigenvalue weighted by atomic mass is 10.4. The summed E-state index contributed by atoms with van der Waals surface area (Å²) in [6.45, 7) is 0. The summed E-state index contributed by atoms with van der Waals surface area (Å²) >= 11 is 3.87. The zero-order valence-electron chi connectivity index (χ0n) is 4.95. The SMILES string of the molecule is O=S(=O)(O)CCCCS. The molecule has 0 saturated heterocycles. The first-order valence-corrected chi connectivity index (χ1v) is 4.86. The van der Waals surface area contributed by atoms with Crippen molar-refractivity contribution in [2.45, 2.75) is 12.8 Å². The third-order valence-electron chi connectivity index (χ3n) is 0.810. The summed E-state index contributed by atoms with van der Waals surface area (Å²) in [5.74, 6) is 0.517. The van der Waals surface area contributed by atoms with Crippen LogP contribution in [0, 0.1) is 0 Å². The van der Waals surface area contributed by atoms with E-state index in [0.29, 0.717) is 12.2 Å². The lowest BCUT2D eigenvalue weighted by Gasteiger charge is -1.92. The van der Waals surface area contributed by atoms with Gasteiger partial charge in [-0.1, -0.05) is 0 Å². The predicted octanol–water partition coefficient (Wildman–Crippen LogP) is 0.584. The highest BCUT2D eigenvalue weighted by Gasteiger charge is 2.01. The highest BCUT2D eigenvalue weighted by atomic mass is 32.2. The molecule has 0 rings (SSSR count). The van der Waals surface area contributed by atoms with Gasteiger partial charge in [0.25, 0.3) is 10.1 Å². The maximum Gasteiger partial charge on any atom is 0.264 e. The highest BCUT2D eigenvalue weighted by Crippen LogP contribution is 1.94. The Morgan fingerprint density at radius 3 is 2.22 bits per heavy atom. The normalized spacial score (nSPS) is 11.8. The quantitative estimate of drug-likeness (QED) is 0.369. The molecule has 3 nitrogen and oxygen atoms in total. The van der Waals surface area contributed by atoms with E-state index >= 15 is 0 Å². The Balaban J connectivity index is 3.30. The van der Waals surface area contributed by atoms with Gasteiger partial charge in [0.1, 0.15) is 0 Å². The van der Waals surface area contributed by atoms with E-state index in [1.54, 1.807) is 0 Å². The van der Waals surface area contributed by atoms with Crippen molar-refractivity contribution in [2.75, 3.05) is 11.5 Å². The van der Waals surface area contributed by atoms with E-state index in [9.17, 15) is 8.42 Å². The molecule has 9 heavy (non-hydrogen) atoms. The van der Waals surface area contributed by atoms with Crippen molar-refractivity contribution in [3.63, 3.8) is 0 Å². The average Bonchev–Trinajstić information content (AvgIpc) is 1.63. The third kappa shape index (κ3) is 8.26. The van der Waals surface area contributed by atoms with Crippen LogP contribution < -0.4 is 0 Å². The molecule has 1 N–H and O–H groups in total. The van der Waals surface area contributed by atoms with Gasteiger partial charge in [0.05, 0.1) is 5.75 Å². The number of rotatable bonds is 4. The molecule has 0 unspecified atom stereocenters. The molecule has 0 aromatic heterocycles. The van der Waals surface area contributed by atoms with Gasteiger partial charge in [-0.2, -0.15) is 21.0 Å². The van der Waals surface area contributed by atoms with E-state index in [4.69, 9.17) is 4.55 Å². The van der Waals surface area contributed by atoms with Crippen LogP contribution in [0.2, 0.25) is 0 Å². The zero-order chi connectivity index (χ0) is 7.33. The third-order valence-corrected chi connectivity index (χ3v) is 1.93. The van der Waals surface area contributed by atoms with Gasteiger partial charge in [0.15, 0.2) is 0 Å². The minimum absolute atomic E-state index is 0.145. The summed E-state index contributed by atoms with van der Waals surface area (Å²) < 4.78 is 28.3. The fourth-order valence-corrected chi connectivity index (χ4v) is 1.19. The molecule has 0 heterocycles. The first-order chi connectivity index (χ1) is 4.06. The number of thiol groups is 1. The van der Waals surface area contributed by atoms with Crippen LogP contribution in [0.25, 0.3) is 0 Å². The van der Waals surface area contributed by atoms with E-state index in [1.807, 2.05) is 0 Å². The molecule has 0 amide bonds. The largest absolute Gasteiger partial charge is 0.286 e. The Kier molecular flexibility index (Phi) is 4.26. The summed E-state index contributed by atoms with van der Waals surface area (Å²) in [6.07, 6.45) is 1.21. The van der Waals surface area contributed by atoms with Crippen molar-refractivity contribution in [3.05, 3.63) is 0 Å². The van der Waals surface area contributed by atoms with Crippen molar-refractivity contribution in [3.8, 4) is 0 Å². The molecule has 0 aromatic carbocycles. The molecule has 0 spiro atoms. The first kappa shape index (κ1) is 9.26. The van der Waals surface area contributed by atoms with Gasteiger partial charge in [0.2, 0.25) is 0 Å². The van der Waals surface area contributed by atoms with Gasteiger partial charge in [-0.15, -0.1) is 0 Å². The van der Waals surface area contributed by atoms with Crippen molar-refractivity contribution < 1.29 is 13.0 Å². The van der Waals surface area contributed by atoms with Crippen molar-refractivity contribution in [2.24, 2.45) is 0 Å². The Bertz CT molecular complexity index is 149. The molecule has 0 aliphatic rings. The van der Waals surface area contributed by atoms with Crippen LogP contribution in [-0.2, 0) is 10.1 Å². The monoisotopic (exact) mass is 170 g/mol. The summed E-state index contributed by atoms with van der Waals surface area (Å²) in [4.78, 5) is 0. The number of hydrogen-bond donors (Lipinski definition) is 2. The van der Waals surface area contributed by atoms with Crippen LogP contribution >= 0.6 is 12.6 Å². The standard InChI is InChI=1S/C4H10O3S2/c5-9(6,7)4-2-1-3-8/h8H,1-4H2,(H,5,6,7). The predicted molar refractivity (Wildman–Crippen MR) is 39.5 cm³/mol. The number of hydrogen-bond acceptors (Lipinski definition) is 3. The molecule has 0 bridgehead atoms. The van der Waals surface area contributed by atoms with Crippen molar-refractivity contribution in [1.29, 1.82) is 0 Å². The average molecular weight is 170 g/mol. The van der Waals surface area contributed by atoms with Crippen LogP contribution in [0.1, 0.15) is 12.8 Å². The Morgan fingerprint density at radius 2 is 1.89 bits per heavy atom. The van der Waals surface area contributed by atoms with Crippen molar-refractivity contribution >= 4 is 22.7 Å². The van der Waals surface area contributed by atoms with Crippen LogP contribution in [-0.4, -0.2) is 24.5 Å². The molecule has 0 atom stereocenters. The van der Waals surface area contributed by atoms with Crippen LogP contribution in [0.5, 0.6) is 0 Å². The Morgan fingerprint density at radius 1 is 1.33 bits per heavy atom. The first-order valence-electron chi connectivity index (χ1n) is 2.62. The maximum absolute atomic E-state index is 10.0. The molecule has 0 aromatic rings. The lowest BCUT2D eigenvalue weighted by Crippen LogP contribution is -2.03. The molecule has 56 valence electrons. The van der Waals surface area contributed by atoms with E-state index in [-0.39, 0.29) is 5.75 Å². The second-order valence-electron chi connectivity index (χ2n) is 1.72. The molecule has 0 fully saturated rings. The summed E-state index contributed by atoms with van der Waals surface area (Å²) in [5, 5.41) is 0. The zero-order valence-corrected chi connectivity index (χ0v) is 6.66. The number of unbranched alkanes of at least 4 members (excludes halogenated alkanes) is 1. The molecular formula is C4H10O3S2. The Hall–Kier alpha value is 0.260. The second-order valence-corrected chi connectivity index (χ2v) is 3.74. The molecular weight excluding hydrogens is 160 g/mol. The van der Waals surface area contributed by atoms with E-state index < -0.39 is 10.1 Å². The Labute approximate surface area is 60.6 Å². The van der Waals surface area contributed by atoms with E-state index in [0.717, 1.165) is 6.42 Å². The minimum Gasteiger partial charge on any atom is -0.286 e. The van der Waals surface area contributed by atoms with E-state index in [1.165, 1.54) is 0 Å². The molecule has 0 aliphatic carbocycles. The van der Waals surface area contributed by atoms with Gasteiger partial charge in [-0.3, -0.25) is 4.55 Å². The molecule has 0 aliphatic heterocycles. The van der Waals surface area contributed by atoms with Crippen LogP contribution in [0.3, 0.4) is 0 Å². The summed E-state index contributed by atoms with van der Waals surface area (Å²) in [6, 6.07) is 0. The molecule has 5 heteroatoms. The molecule has 0 radical (unpaired) electrons. The van der Waals surface area contributed by atoms with Crippen LogP contribution in [0.4, 0.5) is 0 Å². The maximum atomic E-state index is 10.0. The van der Waals surface area contributed by atoms with Crippen molar-refractivity contribution in [1.82, 2.24) is 0 Å². The van der Waals surface area contributed by atoms with Gasteiger partial charge in [-0.25, -0.2) is 0 Å². The van der Waals surface area contributed by atoms with Gasteiger partial charge in [0, 0.05) is 0 Å². The smallest absolute Gasteiger partial charge is 0.264 e. The summed E-state index contributed by atoms with van der Waals surface area (Å²) in [5.41, 5.74) is 0. The fourth-order valence-electron chi connectivity index (χ4n) is 0.396. The molecule has 0 saturated carbocycles. The second kappa shape index (κ2) is 4.14. The highest BCUT2D eigenvalue weighted by molar-refractivity contribution is 7.85.